The number of nitrogens with zero attached hydrogens (tertiary/aromatic N) is 6. The van der Waals surface area contributed by atoms with E-state index in [-0.39, 0.29) is 47.2 Å². The number of carbonyl (C=O) groups is 2. The molecule has 4 aliphatic rings. The van der Waals surface area contributed by atoms with E-state index in [1.54, 1.807) is 12.4 Å². The monoisotopic (exact) mass is 802 g/mol. The maximum absolute atomic E-state index is 15.7. The number of rotatable bonds is 11. The first kappa shape index (κ1) is 39.6. The fraction of sp³-hybridized carbons (Fsp3) is 0.524. The highest BCUT2D eigenvalue weighted by Gasteiger charge is 2.33. The van der Waals surface area contributed by atoms with E-state index in [0.29, 0.717) is 86.0 Å². The third-order valence-corrected chi connectivity index (χ3v) is 12.1. The average molecular weight is 803 g/mol. The van der Waals surface area contributed by atoms with Crippen molar-refractivity contribution in [2.24, 2.45) is 0 Å². The van der Waals surface area contributed by atoms with Crippen LogP contribution in [0.25, 0.3) is 21.8 Å². The number of hydrogen-bond acceptors (Lipinski definition) is 10. The first-order chi connectivity index (χ1) is 27.9. The highest BCUT2D eigenvalue weighted by Crippen LogP contribution is 2.43. The maximum atomic E-state index is 15.7. The van der Waals surface area contributed by atoms with E-state index >= 15 is 8.78 Å². The van der Waals surface area contributed by atoms with Crippen molar-refractivity contribution < 1.29 is 27.8 Å². The van der Waals surface area contributed by atoms with Crippen LogP contribution in [-0.4, -0.2) is 124 Å². The number of ether oxygens (including phenoxy) is 2. The number of nitrogens with one attached hydrogen (secondary N) is 2. The van der Waals surface area contributed by atoms with Gasteiger partial charge in [-0.2, -0.15) is 0 Å². The zero-order chi connectivity index (χ0) is 40.8. The maximum Gasteiger partial charge on any atom is 0.256 e. The molecule has 6 heterocycles. The molecule has 0 radical (unpaired) electrons. The van der Waals surface area contributed by atoms with E-state index in [1.165, 1.54) is 12.1 Å². The lowest BCUT2D eigenvalue weighted by Gasteiger charge is -2.37. The largest absolute Gasteiger partial charge is 0.487 e. The molecule has 2 fully saturated rings. The summed E-state index contributed by atoms with van der Waals surface area (Å²) >= 11 is 0. The Kier molecular flexibility index (Phi) is 11.1. The highest BCUT2D eigenvalue weighted by atomic mass is 19.1. The molecule has 2 saturated heterocycles. The summed E-state index contributed by atoms with van der Waals surface area (Å²) < 4.78 is 47.2. The van der Waals surface area contributed by atoms with Crippen LogP contribution in [0.1, 0.15) is 72.3 Å². The summed E-state index contributed by atoms with van der Waals surface area (Å²) in [6, 6.07) is 2.14. The van der Waals surface area contributed by atoms with E-state index in [0.717, 1.165) is 39.0 Å². The number of aromatic nitrogens is 2. The Morgan fingerprint density at radius 2 is 1.02 bits per heavy atom. The normalized spacial score (nSPS) is 19.6. The smallest absolute Gasteiger partial charge is 0.256 e. The lowest BCUT2D eigenvalue weighted by Crippen LogP contribution is -2.45. The standard InChI is InChI=1S/C42H52F2N8O6/c1-25-23-57-39-33-27(19-31(43)35(39)49-15-11-47(3)12-16-49)37(53)29(21-51(25)33)41(55)45-9-7-5-6-8-10-46-42(56)30-22-52-26(2)24-58-40-34(52)28(38(30)54)20-32(44)36(40)50-17-13-48(4)14-18-50/h19-22,25-26H,5-18,23-24H2,1-4H3,(H,45,55)(H,46,56)/t25-,26-/m0/s1. The van der Waals surface area contributed by atoms with Gasteiger partial charge in [0.1, 0.15) is 35.7 Å². The first-order valence-corrected chi connectivity index (χ1v) is 20.4. The van der Waals surface area contributed by atoms with E-state index in [4.69, 9.17) is 9.47 Å². The molecule has 2 N–H and O–H groups in total. The minimum absolute atomic E-state index is 0.0447. The van der Waals surface area contributed by atoms with Gasteiger partial charge < -0.3 is 48.8 Å². The molecule has 310 valence electrons. The Hall–Kier alpha value is -5.22. The van der Waals surface area contributed by atoms with Crippen molar-refractivity contribution in [2.75, 3.05) is 103 Å². The molecule has 4 aliphatic heterocycles. The number of hydrogen-bond donors (Lipinski definition) is 2. The molecular formula is C42H52F2N8O6. The van der Waals surface area contributed by atoms with Crippen molar-refractivity contribution >= 4 is 45.0 Å². The summed E-state index contributed by atoms with van der Waals surface area (Å²) in [4.78, 5) is 62.1. The lowest BCUT2D eigenvalue weighted by atomic mass is 10.0. The highest BCUT2D eigenvalue weighted by molar-refractivity contribution is 6.01. The zero-order valence-corrected chi connectivity index (χ0v) is 33.7. The third kappa shape index (κ3) is 7.25. The van der Waals surface area contributed by atoms with Crippen molar-refractivity contribution in [3.63, 3.8) is 0 Å². The van der Waals surface area contributed by atoms with E-state index < -0.39 is 34.3 Å². The summed E-state index contributed by atoms with van der Waals surface area (Å²) in [5.41, 5.74) is 0.563. The van der Waals surface area contributed by atoms with Crippen LogP contribution in [0.5, 0.6) is 11.5 Å². The van der Waals surface area contributed by atoms with Crippen LogP contribution in [0.2, 0.25) is 0 Å². The van der Waals surface area contributed by atoms with E-state index in [1.807, 2.05) is 46.9 Å². The van der Waals surface area contributed by atoms with Gasteiger partial charge in [0, 0.05) is 77.8 Å². The number of likely N-dealkylation sites (N-methyl/N-ethyl adjacent to an activating group) is 2. The van der Waals surface area contributed by atoms with Crippen molar-refractivity contribution in [2.45, 2.75) is 51.6 Å². The Morgan fingerprint density at radius 3 is 1.40 bits per heavy atom. The molecule has 58 heavy (non-hydrogen) atoms. The van der Waals surface area contributed by atoms with Gasteiger partial charge in [-0.25, -0.2) is 8.78 Å². The van der Waals surface area contributed by atoms with Gasteiger partial charge >= 0.3 is 0 Å². The second-order valence-electron chi connectivity index (χ2n) is 16.2. The number of halogens is 2. The van der Waals surface area contributed by atoms with Crippen LogP contribution in [0.15, 0.2) is 34.1 Å². The van der Waals surface area contributed by atoms with Crippen LogP contribution in [0, 0.1) is 11.6 Å². The fourth-order valence-corrected chi connectivity index (χ4v) is 8.59. The molecule has 16 heteroatoms. The number of piperazine rings is 2. The predicted octanol–water partition coefficient (Wildman–Crippen LogP) is 3.73. The van der Waals surface area contributed by atoms with Crippen LogP contribution in [0.3, 0.4) is 0 Å². The summed E-state index contributed by atoms with van der Waals surface area (Å²) in [5, 5.41) is 5.94. The predicted molar refractivity (Wildman–Crippen MR) is 219 cm³/mol. The van der Waals surface area contributed by atoms with Gasteiger partial charge in [-0.05, 0) is 52.9 Å². The van der Waals surface area contributed by atoms with E-state index in [9.17, 15) is 19.2 Å². The molecule has 2 amide bonds. The number of pyridine rings is 2. The molecule has 0 spiro atoms. The van der Waals surface area contributed by atoms with E-state index in [2.05, 4.69) is 20.4 Å². The molecule has 4 aromatic rings. The number of amides is 2. The molecule has 0 bridgehead atoms. The summed E-state index contributed by atoms with van der Waals surface area (Å²) in [5.74, 6) is -1.42. The SMILES string of the molecule is C[C@H]1COc2c(N3CCN(C)CC3)c(F)cc3c(=O)c(C(=O)NCCCCCCNC(=O)c4cn5c6c(c(N7CCN(C)CC7)c(F)cc6c4=O)OC[C@@H]5C)cn1c23. The first-order valence-electron chi connectivity index (χ1n) is 20.4. The molecule has 2 aromatic carbocycles. The topological polar surface area (TPSA) is 134 Å². The molecule has 2 atom stereocenters. The molecule has 2 aromatic heterocycles. The Bertz CT molecular complexity index is 2220. The van der Waals surface area contributed by atoms with Crippen molar-refractivity contribution in [1.29, 1.82) is 0 Å². The van der Waals surface area contributed by atoms with Crippen molar-refractivity contribution in [1.82, 2.24) is 29.6 Å². The Labute approximate surface area is 335 Å². The molecule has 0 saturated carbocycles. The van der Waals surface area contributed by atoms with Crippen molar-refractivity contribution in [3.05, 3.63) is 67.7 Å². The van der Waals surface area contributed by atoms with Gasteiger partial charge in [-0.15, -0.1) is 0 Å². The van der Waals surface area contributed by atoms with Crippen LogP contribution >= 0.6 is 0 Å². The van der Waals surface area contributed by atoms with Gasteiger partial charge in [0.05, 0.1) is 33.9 Å². The minimum atomic E-state index is -0.540. The third-order valence-electron chi connectivity index (χ3n) is 12.1. The van der Waals surface area contributed by atoms with Gasteiger partial charge in [0.15, 0.2) is 23.1 Å². The minimum Gasteiger partial charge on any atom is -0.487 e. The van der Waals surface area contributed by atoms with Gasteiger partial charge in [0.25, 0.3) is 11.8 Å². The summed E-state index contributed by atoms with van der Waals surface area (Å²) in [7, 11) is 4.05. The molecule has 0 unspecified atom stereocenters. The average Bonchev–Trinajstić information content (AvgIpc) is 3.20. The van der Waals surface area contributed by atoms with Gasteiger partial charge in [-0.1, -0.05) is 12.8 Å². The second kappa shape index (κ2) is 16.2. The fourth-order valence-electron chi connectivity index (χ4n) is 8.59. The van der Waals surface area contributed by atoms with Crippen molar-refractivity contribution in [3.8, 4) is 11.5 Å². The molecule has 0 aliphatic carbocycles. The summed E-state index contributed by atoms with van der Waals surface area (Å²) in [6.45, 7) is 10.8. The number of benzene rings is 2. The number of anilines is 2. The number of carbonyl (C=O) groups excluding carboxylic acids is 2. The van der Waals surface area contributed by atoms with Gasteiger partial charge in [0.2, 0.25) is 10.9 Å². The zero-order valence-electron chi connectivity index (χ0n) is 33.7. The summed E-state index contributed by atoms with van der Waals surface area (Å²) in [6.07, 6.45) is 5.90. The molecule has 8 rings (SSSR count). The van der Waals surface area contributed by atoms with Crippen LogP contribution < -0.4 is 40.8 Å². The van der Waals surface area contributed by atoms with Crippen LogP contribution in [0.4, 0.5) is 20.2 Å². The second-order valence-corrected chi connectivity index (χ2v) is 16.2. The Morgan fingerprint density at radius 1 is 0.638 bits per heavy atom. The van der Waals surface area contributed by atoms with Crippen LogP contribution in [-0.2, 0) is 0 Å². The lowest BCUT2D eigenvalue weighted by molar-refractivity contribution is 0.0941. The van der Waals surface area contributed by atoms with Gasteiger partial charge in [-0.3, -0.25) is 19.2 Å². The quantitative estimate of drug-likeness (QED) is 0.216. The Balaban J connectivity index is 0.864. The molecule has 14 nitrogen and oxygen atoms in total. The number of unbranched alkanes of at least 4 members (excludes halogenated alkanes) is 3. The molecular weight excluding hydrogens is 751 g/mol.